The zero-order chi connectivity index (χ0) is 13.1. The summed E-state index contributed by atoms with van der Waals surface area (Å²) >= 11 is 0. The van der Waals surface area contributed by atoms with Gasteiger partial charge in [-0.25, -0.2) is 4.98 Å². The fraction of sp³-hybridized carbons (Fsp3) is 0.250. The number of anilines is 2. The van der Waals surface area contributed by atoms with Gasteiger partial charge in [-0.05, 0) is 19.9 Å². The van der Waals surface area contributed by atoms with Crippen LogP contribution in [-0.2, 0) is 0 Å². The highest BCUT2D eigenvalue weighted by Gasteiger charge is 2.06. The van der Waals surface area contributed by atoms with E-state index in [9.17, 15) is 0 Å². The molecule has 0 unspecified atom stereocenters. The lowest BCUT2D eigenvalue weighted by atomic mass is 10.2. The number of rotatable bonds is 3. The minimum absolute atomic E-state index is 0.0857. The van der Waals surface area contributed by atoms with Gasteiger partial charge < -0.3 is 16.2 Å². The molecule has 0 saturated heterocycles. The number of nitrogens with zero attached hydrogens (tertiary/aromatic N) is 3. The van der Waals surface area contributed by atoms with E-state index in [4.69, 9.17) is 16.2 Å². The second-order valence-electron chi connectivity index (χ2n) is 4.11. The molecule has 0 saturated carbocycles. The minimum Gasteiger partial charge on any atom is -0.489 e. The molecular formula is C12H15N5O. The number of ether oxygens (including phenoxy) is 1. The van der Waals surface area contributed by atoms with Gasteiger partial charge in [0, 0.05) is 17.8 Å². The molecule has 6 heteroatoms. The Kier molecular flexibility index (Phi) is 3.27. The van der Waals surface area contributed by atoms with E-state index in [0.29, 0.717) is 17.3 Å². The highest BCUT2D eigenvalue weighted by atomic mass is 16.5. The predicted octanol–water partition coefficient (Wildman–Crippen LogP) is 1.49. The minimum atomic E-state index is 0.0857. The molecule has 0 fully saturated rings. The molecule has 0 aromatic carbocycles. The van der Waals surface area contributed by atoms with Crippen molar-refractivity contribution >= 4 is 11.8 Å². The third kappa shape index (κ3) is 2.85. The summed E-state index contributed by atoms with van der Waals surface area (Å²) in [4.78, 5) is 12.0. The molecule has 0 atom stereocenters. The van der Waals surface area contributed by atoms with E-state index in [1.807, 2.05) is 19.9 Å². The summed E-state index contributed by atoms with van der Waals surface area (Å²) in [5.74, 6) is 1.14. The molecule has 0 aliphatic rings. The van der Waals surface area contributed by atoms with Crippen LogP contribution >= 0.6 is 0 Å². The van der Waals surface area contributed by atoms with Gasteiger partial charge in [-0.3, -0.25) is 4.98 Å². The Morgan fingerprint density at radius 3 is 2.56 bits per heavy atom. The number of hydrogen-bond donors (Lipinski definition) is 2. The lowest BCUT2D eigenvalue weighted by molar-refractivity contribution is 0.241. The molecule has 6 nitrogen and oxygen atoms in total. The molecule has 2 aromatic rings. The summed E-state index contributed by atoms with van der Waals surface area (Å²) in [6, 6.07) is 3.49. The van der Waals surface area contributed by atoms with E-state index in [2.05, 4.69) is 15.0 Å². The molecule has 0 amide bonds. The zero-order valence-electron chi connectivity index (χ0n) is 10.3. The van der Waals surface area contributed by atoms with Gasteiger partial charge in [0.15, 0.2) is 0 Å². The van der Waals surface area contributed by atoms with Gasteiger partial charge in [0.25, 0.3) is 0 Å². The second kappa shape index (κ2) is 4.87. The summed E-state index contributed by atoms with van der Waals surface area (Å²) < 4.78 is 5.57. The van der Waals surface area contributed by atoms with E-state index in [1.165, 1.54) is 0 Å². The fourth-order valence-corrected chi connectivity index (χ4v) is 1.53. The van der Waals surface area contributed by atoms with Gasteiger partial charge in [0.05, 0.1) is 18.0 Å². The first-order valence-corrected chi connectivity index (χ1v) is 5.56. The lowest BCUT2D eigenvalue weighted by Crippen LogP contribution is -2.06. The standard InChI is InChI=1S/C12H15N5O/c1-7(2)18-9-3-8(5-15-6-9)10-4-11(13)17-12(14)16-10/h3-7H,1-2H3,(H4,13,14,16,17). The van der Waals surface area contributed by atoms with Gasteiger partial charge in [-0.15, -0.1) is 0 Å². The molecule has 2 rings (SSSR count). The average molecular weight is 245 g/mol. The fourth-order valence-electron chi connectivity index (χ4n) is 1.53. The van der Waals surface area contributed by atoms with Crippen molar-refractivity contribution in [3.8, 4) is 17.0 Å². The Labute approximate surface area is 105 Å². The molecule has 0 spiro atoms. The Morgan fingerprint density at radius 2 is 1.89 bits per heavy atom. The number of nitrogen functional groups attached to an aromatic ring is 2. The van der Waals surface area contributed by atoms with Crippen molar-refractivity contribution in [1.82, 2.24) is 15.0 Å². The third-order valence-corrected chi connectivity index (χ3v) is 2.14. The number of hydrogen-bond acceptors (Lipinski definition) is 6. The molecule has 0 radical (unpaired) electrons. The molecule has 0 aliphatic carbocycles. The van der Waals surface area contributed by atoms with Gasteiger partial charge in [-0.2, -0.15) is 4.98 Å². The first-order valence-electron chi connectivity index (χ1n) is 5.56. The van der Waals surface area contributed by atoms with Crippen LogP contribution in [0.15, 0.2) is 24.5 Å². The maximum absolute atomic E-state index is 5.63. The maximum atomic E-state index is 5.63. The van der Waals surface area contributed by atoms with Crippen molar-refractivity contribution in [3.05, 3.63) is 24.5 Å². The second-order valence-corrected chi connectivity index (χ2v) is 4.11. The molecule has 0 aliphatic heterocycles. The van der Waals surface area contributed by atoms with Crippen LogP contribution in [0.5, 0.6) is 5.75 Å². The Bertz CT molecular complexity index is 536. The van der Waals surface area contributed by atoms with Crippen molar-refractivity contribution in [2.45, 2.75) is 20.0 Å². The van der Waals surface area contributed by atoms with Crippen LogP contribution in [0.3, 0.4) is 0 Å². The van der Waals surface area contributed by atoms with Crippen molar-refractivity contribution in [2.24, 2.45) is 0 Å². The number of pyridine rings is 1. The quantitative estimate of drug-likeness (QED) is 0.849. The summed E-state index contributed by atoms with van der Waals surface area (Å²) in [5, 5.41) is 0. The van der Waals surface area contributed by atoms with Gasteiger partial charge in [0.2, 0.25) is 5.95 Å². The average Bonchev–Trinajstić information content (AvgIpc) is 2.27. The Balaban J connectivity index is 2.38. The Morgan fingerprint density at radius 1 is 1.11 bits per heavy atom. The van der Waals surface area contributed by atoms with Crippen LogP contribution in [0, 0.1) is 0 Å². The SMILES string of the molecule is CC(C)Oc1cncc(-c2cc(N)nc(N)n2)c1. The van der Waals surface area contributed by atoms with Gasteiger partial charge in [0.1, 0.15) is 11.6 Å². The van der Waals surface area contributed by atoms with Crippen molar-refractivity contribution in [2.75, 3.05) is 11.5 Å². The van der Waals surface area contributed by atoms with Crippen LogP contribution in [0.1, 0.15) is 13.8 Å². The zero-order valence-corrected chi connectivity index (χ0v) is 10.3. The molecule has 18 heavy (non-hydrogen) atoms. The largest absolute Gasteiger partial charge is 0.489 e. The van der Waals surface area contributed by atoms with Crippen LogP contribution < -0.4 is 16.2 Å². The third-order valence-electron chi connectivity index (χ3n) is 2.14. The Hall–Kier alpha value is -2.37. The van der Waals surface area contributed by atoms with Crippen LogP contribution in [-0.4, -0.2) is 21.1 Å². The predicted molar refractivity (Wildman–Crippen MR) is 69.9 cm³/mol. The highest BCUT2D eigenvalue weighted by molar-refractivity contribution is 5.63. The molecule has 4 N–H and O–H groups in total. The van der Waals surface area contributed by atoms with E-state index in [-0.39, 0.29) is 12.1 Å². The van der Waals surface area contributed by atoms with Crippen molar-refractivity contribution in [1.29, 1.82) is 0 Å². The molecule has 94 valence electrons. The lowest BCUT2D eigenvalue weighted by Gasteiger charge is -2.10. The first-order chi connectivity index (χ1) is 8.54. The summed E-state index contributed by atoms with van der Waals surface area (Å²) in [6.07, 6.45) is 3.41. The van der Waals surface area contributed by atoms with Crippen molar-refractivity contribution in [3.63, 3.8) is 0 Å². The summed E-state index contributed by atoms with van der Waals surface area (Å²) in [7, 11) is 0. The van der Waals surface area contributed by atoms with Crippen molar-refractivity contribution < 1.29 is 4.74 Å². The molecular weight excluding hydrogens is 230 g/mol. The van der Waals surface area contributed by atoms with E-state index >= 15 is 0 Å². The van der Waals surface area contributed by atoms with Crippen LogP contribution in [0.4, 0.5) is 11.8 Å². The molecule has 2 heterocycles. The topological polar surface area (TPSA) is 99.9 Å². The number of nitrogens with two attached hydrogens (primary N) is 2. The van der Waals surface area contributed by atoms with Gasteiger partial charge in [-0.1, -0.05) is 0 Å². The van der Waals surface area contributed by atoms with E-state index in [0.717, 1.165) is 5.56 Å². The summed E-state index contributed by atoms with van der Waals surface area (Å²) in [6.45, 7) is 3.90. The van der Waals surface area contributed by atoms with Crippen LogP contribution in [0.25, 0.3) is 11.3 Å². The molecule has 2 aromatic heterocycles. The van der Waals surface area contributed by atoms with Gasteiger partial charge >= 0.3 is 0 Å². The monoisotopic (exact) mass is 245 g/mol. The van der Waals surface area contributed by atoms with E-state index < -0.39 is 0 Å². The normalized spacial score (nSPS) is 10.6. The smallest absolute Gasteiger partial charge is 0.222 e. The number of aromatic nitrogens is 3. The first kappa shape index (κ1) is 12.1. The summed E-state index contributed by atoms with van der Waals surface area (Å²) in [5.41, 5.74) is 12.6. The molecule has 0 bridgehead atoms. The van der Waals surface area contributed by atoms with E-state index in [1.54, 1.807) is 18.5 Å². The maximum Gasteiger partial charge on any atom is 0.222 e. The highest BCUT2D eigenvalue weighted by Crippen LogP contribution is 2.23. The van der Waals surface area contributed by atoms with Crippen LogP contribution in [0.2, 0.25) is 0 Å².